The summed E-state index contributed by atoms with van der Waals surface area (Å²) in [4.78, 5) is 23.9. The fraction of sp³-hybridized carbons (Fsp3) is 0.111. The third-order valence-electron chi connectivity index (χ3n) is 4.42. The van der Waals surface area contributed by atoms with E-state index in [4.69, 9.17) is 0 Å². The maximum atomic E-state index is 12.7. The van der Waals surface area contributed by atoms with Crippen molar-refractivity contribution in [2.24, 2.45) is 4.40 Å². The predicted molar refractivity (Wildman–Crippen MR) is 114 cm³/mol. The van der Waals surface area contributed by atoms with E-state index in [2.05, 4.69) is 19.7 Å². The monoisotopic (exact) mass is 443 g/mol. The first-order valence-corrected chi connectivity index (χ1v) is 11.9. The molecule has 0 radical (unpaired) electrons. The maximum absolute atomic E-state index is 12.7. The molecule has 0 saturated carbocycles. The molecule has 1 N–H and O–H groups in total. The SMILES string of the molecule is O=C(Nc1nc(-c2cccnc2)cs1)c1ccc2c(c1)SC1=NS(=O)(=O)CCN12. The molecule has 0 aliphatic carbocycles. The maximum Gasteiger partial charge on any atom is 0.257 e. The van der Waals surface area contributed by atoms with Crippen molar-refractivity contribution in [3.8, 4) is 11.3 Å². The van der Waals surface area contributed by atoms with E-state index in [-0.39, 0.29) is 11.7 Å². The van der Waals surface area contributed by atoms with Crippen molar-refractivity contribution in [1.82, 2.24) is 9.97 Å². The number of benzene rings is 1. The van der Waals surface area contributed by atoms with Gasteiger partial charge in [0.1, 0.15) is 0 Å². The van der Waals surface area contributed by atoms with E-state index in [0.29, 0.717) is 22.4 Å². The summed E-state index contributed by atoms with van der Waals surface area (Å²) in [7, 11) is -3.41. The number of thiazole rings is 1. The molecule has 11 heteroatoms. The highest BCUT2D eigenvalue weighted by molar-refractivity contribution is 8.15. The number of fused-ring (bicyclic) bond motifs is 3. The van der Waals surface area contributed by atoms with Crippen LogP contribution >= 0.6 is 23.1 Å². The van der Waals surface area contributed by atoms with Gasteiger partial charge in [-0.15, -0.1) is 15.7 Å². The van der Waals surface area contributed by atoms with E-state index in [0.717, 1.165) is 21.8 Å². The van der Waals surface area contributed by atoms with E-state index < -0.39 is 10.0 Å². The highest BCUT2D eigenvalue weighted by Crippen LogP contribution is 2.42. The van der Waals surface area contributed by atoms with Crippen LogP contribution in [0, 0.1) is 0 Å². The molecule has 146 valence electrons. The van der Waals surface area contributed by atoms with Gasteiger partial charge >= 0.3 is 0 Å². The third kappa shape index (κ3) is 3.52. The number of sulfonamides is 1. The van der Waals surface area contributed by atoms with E-state index in [1.165, 1.54) is 23.1 Å². The largest absolute Gasteiger partial charge is 0.318 e. The molecule has 5 rings (SSSR count). The smallest absolute Gasteiger partial charge is 0.257 e. The number of carbonyl (C=O) groups excluding carboxylic acids is 1. The number of carbonyl (C=O) groups is 1. The quantitative estimate of drug-likeness (QED) is 0.663. The van der Waals surface area contributed by atoms with Crippen molar-refractivity contribution in [2.45, 2.75) is 4.90 Å². The summed E-state index contributed by atoms with van der Waals surface area (Å²) >= 11 is 2.60. The molecule has 3 aromatic rings. The minimum atomic E-state index is -3.41. The van der Waals surface area contributed by atoms with Crippen molar-refractivity contribution in [2.75, 3.05) is 22.5 Å². The Morgan fingerprint density at radius 2 is 2.14 bits per heavy atom. The van der Waals surface area contributed by atoms with Crippen molar-refractivity contribution in [3.05, 3.63) is 53.7 Å². The standard InChI is InChI=1S/C18H13N5O3S3/c24-16(21-17-20-13(10-27-17)12-2-1-5-19-9-12)11-3-4-14-15(8-11)28-18-22-29(25,26)7-6-23(14)18/h1-5,8-10H,6-7H2,(H,20,21,24). The van der Waals surface area contributed by atoms with Crippen LogP contribution in [0.1, 0.15) is 10.4 Å². The molecule has 2 aliphatic heterocycles. The molecule has 8 nitrogen and oxygen atoms in total. The molecular weight excluding hydrogens is 430 g/mol. The van der Waals surface area contributed by atoms with Gasteiger partial charge in [-0.2, -0.15) is 0 Å². The zero-order chi connectivity index (χ0) is 20.0. The predicted octanol–water partition coefficient (Wildman–Crippen LogP) is 3.07. The van der Waals surface area contributed by atoms with Gasteiger partial charge in [-0.3, -0.25) is 15.1 Å². The van der Waals surface area contributed by atoms with Crippen molar-refractivity contribution in [3.63, 3.8) is 0 Å². The van der Waals surface area contributed by atoms with Crippen LogP contribution in [-0.2, 0) is 10.0 Å². The zero-order valence-corrected chi connectivity index (χ0v) is 17.2. The molecule has 1 amide bonds. The Bertz CT molecular complexity index is 1250. The topological polar surface area (TPSA) is 105 Å². The molecule has 0 saturated heterocycles. The lowest BCUT2D eigenvalue weighted by Gasteiger charge is -2.22. The van der Waals surface area contributed by atoms with Crippen LogP contribution in [0.3, 0.4) is 0 Å². The number of nitrogens with one attached hydrogen (secondary N) is 1. The van der Waals surface area contributed by atoms with Gasteiger partial charge < -0.3 is 4.90 Å². The fourth-order valence-corrected chi connectivity index (χ4v) is 6.03. The van der Waals surface area contributed by atoms with Crippen LogP contribution in [0.15, 0.2) is 57.4 Å². The Morgan fingerprint density at radius 1 is 1.24 bits per heavy atom. The summed E-state index contributed by atoms with van der Waals surface area (Å²) in [6, 6.07) is 9.02. The lowest BCUT2D eigenvalue weighted by molar-refractivity contribution is 0.102. The van der Waals surface area contributed by atoms with Crippen LogP contribution in [0.4, 0.5) is 10.8 Å². The van der Waals surface area contributed by atoms with Crippen LogP contribution < -0.4 is 10.2 Å². The van der Waals surface area contributed by atoms with E-state index in [1.807, 2.05) is 28.5 Å². The van der Waals surface area contributed by atoms with Gasteiger partial charge in [0.2, 0.25) is 0 Å². The van der Waals surface area contributed by atoms with Gasteiger partial charge in [-0.25, -0.2) is 13.4 Å². The van der Waals surface area contributed by atoms with Crippen molar-refractivity contribution in [1.29, 1.82) is 0 Å². The van der Waals surface area contributed by atoms with Crippen LogP contribution in [0.5, 0.6) is 0 Å². The Kier molecular flexibility index (Phi) is 4.37. The molecule has 0 spiro atoms. The first-order chi connectivity index (χ1) is 14.0. The zero-order valence-electron chi connectivity index (χ0n) is 14.8. The first kappa shape index (κ1) is 18.3. The van der Waals surface area contributed by atoms with Gasteiger partial charge in [0, 0.05) is 40.3 Å². The normalized spacial score (nSPS) is 16.7. The third-order valence-corrected chi connectivity index (χ3v) is 7.48. The Hall–Kier alpha value is -2.76. The highest BCUT2D eigenvalue weighted by Gasteiger charge is 2.33. The summed E-state index contributed by atoms with van der Waals surface area (Å²) in [6.07, 6.45) is 3.41. The second-order valence-corrected chi connectivity index (χ2v) is 9.95. The van der Waals surface area contributed by atoms with Gasteiger partial charge in [0.15, 0.2) is 10.3 Å². The summed E-state index contributed by atoms with van der Waals surface area (Å²) in [5.41, 5.74) is 2.97. The van der Waals surface area contributed by atoms with E-state index >= 15 is 0 Å². The molecule has 1 aromatic carbocycles. The number of aromatic nitrogens is 2. The summed E-state index contributed by atoms with van der Waals surface area (Å²) in [5, 5.41) is 5.61. The Labute approximate surface area is 174 Å². The van der Waals surface area contributed by atoms with Gasteiger partial charge in [-0.1, -0.05) is 0 Å². The summed E-state index contributed by atoms with van der Waals surface area (Å²) in [6.45, 7) is 0.364. The Morgan fingerprint density at radius 3 is 2.97 bits per heavy atom. The number of pyridine rings is 1. The van der Waals surface area contributed by atoms with Crippen LogP contribution in [0.2, 0.25) is 0 Å². The molecular formula is C18H13N5O3S3. The summed E-state index contributed by atoms with van der Waals surface area (Å²) in [5.74, 6) is -0.290. The lowest BCUT2D eigenvalue weighted by atomic mass is 10.2. The highest BCUT2D eigenvalue weighted by atomic mass is 32.2. The average molecular weight is 444 g/mol. The number of rotatable bonds is 3. The molecule has 2 aromatic heterocycles. The number of nitrogens with zero attached hydrogens (tertiary/aromatic N) is 4. The average Bonchev–Trinajstić information content (AvgIpc) is 3.31. The molecule has 2 aliphatic rings. The molecule has 4 heterocycles. The van der Waals surface area contributed by atoms with E-state index in [9.17, 15) is 13.2 Å². The number of amidine groups is 1. The van der Waals surface area contributed by atoms with Crippen LogP contribution in [-0.4, -0.2) is 41.8 Å². The molecule has 0 bridgehead atoms. The molecule has 0 atom stereocenters. The van der Waals surface area contributed by atoms with Crippen molar-refractivity contribution < 1.29 is 13.2 Å². The fourth-order valence-electron chi connectivity index (χ4n) is 3.02. The van der Waals surface area contributed by atoms with Gasteiger partial charge in [-0.05, 0) is 42.1 Å². The van der Waals surface area contributed by atoms with E-state index in [1.54, 1.807) is 24.5 Å². The molecule has 29 heavy (non-hydrogen) atoms. The first-order valence-electron chi connectivity index (χ1n) is 8.58. The van der Waals surface area contributed by atoms with Gasteiger partial charge in [0.05, 0.1) is 17.1 Å². The minimum Gasteiger partial charge on any atom is -0.318 e. The van der Waals surface area contributed by atoms with Gasteiger partial charge in [0.25, 0.3) is 15.9 Å². The number of hydrogen-bond donors (Lipinski definition) is 1. The number of hydrogen-bond acceptors (Lipinski definition) is 8. The molecule has 0 fully saturated rings. The van der Waals surface area contributed by atoms with Crippen molar-refractivity contribution >= 4 is 55.0 Å². The number of thioether (sulfide) groups is 1. The number of amides is 1. The minimum absolute atomic E-state index is 0.0119. The second-order valence-electron chi connectivity index (χ2n) is 6.33. The molecule has 0 unspecified atom stereocenters. The van der Waals surface area contributed by atoms with Crippen LogP contribution in [0.25, 0.3) is 11.3 Å². The second kappa shape index (κ2) is 6.94. The number of anilines is 2. The lowest BCUT2D eigenvalue weighted by Crippen LogP contribution is -2.35. The Balaban J connectivity index is 1.36. The summed E-state index contributed by atoms with van der Waals surface area (Å²) < 4.78 is 27.3.